The molecular weight excluding hydrogens is 396 g/mol. The van der Waals surface area contributed by atoms with Gasteiger partial charge in [-0.3, -0.25) is 9.59 Å². The molecule has 4 aromatic rings. The minimum absolute atomic E-state index is 0.00978. The number of carbonyl (C=O) groups excluding carboxylic acids is 1. The number of anilines is 1. The Balaban J connectivity index is 1.85. The summed E-state index contributed by atoms with van der Waals surface area (Å²) in [5.74, 6) is 0.242. The van der Waals surface area contributed by atoms with Crippen molar-refractivity contribution in [3.63, 3.8) is 0 Å². The molecule has 162 valence electrons. The van der Waals surface area contributed by atoms with Crippen LogP contribution in [0.2, 0.25) is 0 Å². The van der Waals surface area contributed by atoms with Gasteiger partial charge in [0.05, 0.1) is 11.1 Å². The van der Waals surface area contributed by atoms with Crippen molar-refractivity contribution in [3.8, 4) is 11.1 Å². The van der Waals surface area contributed by atoms with E-state index in [2.05, 4.69) is 26.1 Å². The Morgan fingerprint density at radius 1 is 0.875 bits per heavy atom. The predicted molar refractivity (Wildman–Crippen MR) is 132 cm³/mol. The van der Waals surface area contributed by atoms with Crippen molar-refractivity contribution in [2.24, 2.45) is 7.05 Å². The summed E-state index contributed by atoms with van der Waals surface area (Å²) < 4.78 is 1.88. The molecule has 3 aromatic carbocycles. The summed E-state index contributed by atoms with van der Waals surface area (Å²) in [4.78, 5) is 26.7. The van der Waals surface area contributed by atoms with E-state index in [4.69, 9.17) is 0 Å². The number of carbonyl (C=O) groups is 1. The van der Waals surface area contributed by atoms with Crippen LogP contribution in [0.1, 0.15) is 42.3 Å². The number of aromatic nitrogens is 1. The van der Waals surface area contributed by atoms with Crippen LogP contribution in [0.4, 0.5) is 5.82 Å². The molecule has 1 heterocycles. The van der Waals surface area contributed by atoms with Gasteiger partial charge in [0.1, 0.15) is 5.82 Å². The maximum Gasteiger partial charge on any atom is 0.256 e. The van der Waals surface area contributed by atoms with E-state index in [0.29, 0.717) is 22.3 Å². The zero-order valence-electron chi connectivity index (χ0n) is 19.2. The summed E-state index contributed by atoms with van der Waals surface area (Å²) >= 11 is 0. The number of pyridine rings is 1. The molecule has 0 atom stereocenters. The van der Waals surface area contributed by atoms with E-state index in [-0.39, 0.29) is 16.8 Å². The monoisotopic (exact) mass is 424 g/mol. The smallest absolute Gasteiger partial charge is 0.256 e. The molecule has 32 heavy (non-hydrogen) atoms. The van der Waals surface area contributed by atoms with Gasteiger partial charge in [-0.1, -0.05) is 74.9 Å². The molecule has 0 saturated heterocycles. The van der Waals surface area contributed by atoms with Gasteiger partial charge in [0, 0.05) is 18.0 Å². The Labute approximate surface area is 188 Å². The number of fused-ring (bicyclic) bond motifs is 1. The molecule has 0 aliphatic carbocycles. The summed E-state index contributed by atoms with van der Waals surface area (Å²) in [7, 11) is 1.87. The minimum atomic E-state index is -0.246. The van der Waals surface area contributed by atoms with E-state index in [1.54, 1.807) is 0 Å². The van der Waals surface area contributed by atoms with Crippen LogP contribution < -0.4 is 10.7 Å². The second-order valence-corrected chi connectivity index (χ2v) is 9.28. The first-order valence-corrected chi connectivity index (χ1v) is 10.8. The van der Waals surface area contributed by atoms with E-state index in [1.807, 2.05) is 91.3 Å². The summed E-state index contributed by atoms with van der Waals surface area (Å²) in [5, 5.41) is 3.65. The molecule has 4 nitrogen and oxygen atoms in total. The highest BCUT2D eigenvalue weighted by molar-refractivity contribution is 6.06. The fraction of sp³-hybridized carbons (Fsp3) is 0.214. The van der Waals surface area contributed by atoms with Crippen LogP contribution in [-0.4, -0.2) is 10.5 Å². The molecule has 0 radical (unpaired) electrons. The van der Waals surface area contributed by atoms with Gasteiger partial charge in [-0.25, -0.2) is 0 Å². The summed E-state index contributed by atoms with van der Waals surface area (Å²) in [6, 6.07) is 22.9. The first-order chi connectivity index (χ1) is 15.2. The van der Waals surface area contributed by atoms with E-state index in [1.165, 1.54) is 0 Å². The fourth-order valence-electron chi connectivity index (χ4n) is 3.92. The maximum atomic E-state index is 13.5. The van der Waals surface area contributed by atoms with E-state index < -0.39 is 0 Å². The molecular formula is C28H28N2O2. The molecule has 1 N–H and O–H groups in total. The number of hydrogen-bond donors (Lipinski definition) is 1. The molecule has 4 heteroatoms. The van der Waals surface area contributed by atoms with Gasteiger partial charge in [0.15, 0.2) is 5.43 Å². The van der Waals surface area contributed by atoms with Crippen LogP contribution in [0.5, 0.6) is 0 Å². The summed E-state index contributed by atoms with van der Waals surface area (Å²) in [6.45, 7) is 8.43. The highest BCUT2D eigenvalue weighted by Crippen LogP contribution is 2.29. The molecule has 1 amide bonds. The van der Waals surface area contributed by atoms with Gasteiger partial charge in [-0.05, 0) is 47.7 Å². The molecule has 0 saturated carbocycles. The van der Waals surface area contributed by atoms with Crippen molar-refractivity contribution in [2.75, 3.05) is 5.32 Å². The number of rotatable bonds is 3. The standard InChI is InChI=1S/C28H28N2O2/c1-18-10-12-19(13-11-18)24-25(31)22-8-6-7-9-23(22)30(5)26(24)29-27(32)20-14-16-21(17-15-20)28(2,3)4/h6-17H,1-5H3,(H,29,32). The zero-order chi connectivity index (χ0) is 23.0. The van der Waals surface area contributed by atoms with Crippen molar-refractivity contribution >= 4 is 22.6 Å². The van der Waals surface area contributed by atoms with E-state index >= 15 is 0 Å². The Morgan fingerprint density at radius 3 is 2.12 bits per heavy atom. The lowest BCUT2D eigenvalue weighted by Gasteiger charge is -2.20. The SMILES string of the molecule is Cc1ccc(-c2c(NC(=O)c3ccc(C(C)(C)C)cc3)n(C)c3ccccc3c2=O)cc1. The Morgan fingerprint density at radius 2 is 1.50 bits per heavy atom. The van der Waals surface area contributed by atoms with Crippen molar-refractivity contribution < 1.29 is 4.79 Å². The van der Waals surface area contributed by atoms with Crippen LogP contribution >= 0.6 is 0 Å². The lowest BCUT2D eigenvalue weighted by molar-refractivity contribution is 0.102. The first kappa shape index (κ1) is 21.6. The Hall–Kier alpha value is -3.66. The van der Waals surface area contributed by atoms with Gasteiger partial charge >= 0.3 is 0 Å². The molecule has 0 unspecified atom stereocenters. The van der Waals surface area contributed by atoms with Crippen LogP contribution in [-0.2, 0) is 12.5 Å². The molecule has 0 bridgehead atoms. The van der Waals surface area contributed by atoms with Gasteiger partial charge in [0.25, 0.3) is 5.91 Å². The second-order valence-electron chi connectivity index (χ2n) is 9.28. The second kappa shape index (κ2) is 8.12. The third kappa shape index (κ3) is 3.96. The molecule has 0 fully saturated rings. The van der Waals surface area contributed by atoms with Crippen LogP contribution in [0.3, 0.4) is 0 Å². The van der Waals surface area contributed by atoms with Gasteiger partial charge in [-0.2, -0.15) is 0 Å². The lowest BCUT2D eigenvalue weighted by Crippen LogP contribution is -2.21. The normalized spacial score (nSPS) is 11.5. The Bertz CT molecular complexity index is 1360. The van der Waals surface area contributed by atoms with Crippen LogP contribution in [0, 0.1) is 6.92 Å². The average Bonchev–Trinajstić information content (AvgIpc) is 2.78. The number of para-hydroxylation sites is 1. The zero-order valence-corrected chi connectivity index (χ0v) is 19.2. The fourth-order valence-corrected chi connectivity index (χ4v) is 3.92. The molecule has 1 aromatic heterocycles. The third-order valence-electron chi connectivity index (χ3n) is 5.89. The van der Waals surface area contributed by atoms with Gasteiger partial charge in [-0.15, -0.1) is 0 Å². The highest BCUT2D eigenvalue weighted by atomic mass is 16.1. The molecule has 0 spiro atoms. The Kier molecular flexibility index (Phi) is 5.47. The highest BCUT2D eigenvalue weighted by Gasteiger charge is 2.20. The van der Waals surface area contributed by atoms with E-state index in [0.717, 1.165) is 22.2 Å². The maximum absolute atomic E-state index is 13.5. The molecule has 4 rings (SSSR count). The summed E-state index contributed by atoms with van der Waals surface area (Å²) in [5.41, 5.74) is 4.77. The predicted octanol–water partition coefficient (Wildman–Crippen LogP) is 6.06. The largest absolute Gasteiger partial charge is 0.330 e. The average molecular weight is 425 g/mol. The van der Waals surface area contributed by atoms with Crippen molar-refractivity contribution in [3.05, 3.63) is 99.7 Å². The summed E-state index contributed by atoms with van der Waals surface area (Å²) in [6.07, 6.45) is 0. The van der Waals surface area contributed by atoms with Gasteiger partial charge < -0.3 is 9.88 Å². The number of nitrogens with one attached hydrogen (secondary N) is 1. The first-order valence-electron chi connectivity index (χ1n) is 10.8. The number of nitrogens with zero attached hydrogens (tertiary/aromatic N) is 1. The van der Waals surface area contributed by atoms with E-state index in [9.17, 15) is 9.59 Å². The van der Waals surface area contributed by atoms with Crippen molar-refractivity contribution in [1.82, 2.24) is 4.57 Å². The minimum Gasteiger partial charge on any atom is -0.330 e. The topological polar surface area (TPSA) is 51.1 Å². The quantitative estimate of drug-likeness (QED) is 0.434. The van der Waals surface area contributed by atoms with Crippen molar-refractivity contribution in [2.45, 2.75) is 33.1 Å². The molecule has 0 aliphatic rings. The van der Waals surface area contributed by atoms with Gasteiger partial charge in [0.2, 0.25) is 0 Å². The lowest BCUT2D eigenvalue weighted by atomic mass is 9.87. The number of amides is 1. The van der Waals surface area contributed by atoms with Crippen molar-refractivity contribution in [1.29, 1.82) is 0 Å². The number of aryl methyl sites for hydroxylation is 2. The number of benzene rings is 3. The van der Waals surface area contributed by atoms with Crippen LogP contribution in [0.15, 0.2) is 77.6 Å². The number of hydrogen-bond acceptors (Lipinski definition) is 2. The third-order valence-corrected chi connectivity index (χ3v) is 5.89. The van der Waals surface area contributed by atoms with Crippen LogP contribution in [0.25, 0.3) is 22.0 Å². The molecule has 0 aliphatic heterocycles.